The molecule has 2 aromatic rings. The van der Waals surface area contributed by atoms with E-state index in [2.05, 4.69) is 15.3 Å². The van der Waals surface area contributed by atoms with Gasteiger partial charge in [0.25, 0.3) is 5.91 Å². The number of nitrogens with one attached hydrogen (secondary N) is 1. The van der Waals surface area contributed by atoms with E-state index in [0.717, 1.165) is 31.5 Å². The SMILES string of the molecule is CC(C)Oc1ccc(CNc2ncc(C(=O)N3CCCCC3)cc2Cl)cn1. The molecule has 0 atom stereocenters. The van der Waals surface area contributed by atoms with Crippen molar-refractivity contribution in [3.8, 4) is 5.88 Å². The second-order valence-corrected chi connectivity index (χ2v) is 7.34. The zero-order valence-electron chi connectivity index (χ0n) is 15.7. The zero-order chi connectivity index (χ0) is 19.2. The van der Waals surface area contributed by atoms with Crippen LogP contribution in [0.4, 0.5) is 5.82 Å². The van der Waals surface area contributed by atoms with E-state index in [4.69, 9.17) is 16.3 Å². The molecule has 0 spiro atoms. The van der Waals surface area contributed by atoms with E-state index in [9.17, 15) is 4.79 Å². The average Bonchev–Trinajstić information content (AvgIpc) is 2.68. The number of likely N-dealkylation sites (tertiary alicyclic amines) is 1. The van der Waals surface area contributed by atoms with Crippen LogP contribution < -0.4 is 10.1 Å². The minimum absolute atomic E-state index is 0.000547. The lowest BCUT2D eigenvalue weighted by atomic mass is 10.1. The molecule has 1 N–H and O–H groups in total. The van der Waals surface area contributed by atoms with Crippen LogP contribution in [0.25, 0.3) is 0 Å². The molecule has 0 radical (unpaired) electrons. The number of aromatic nitrogens is 2. The van der Waals surface area contributed by atoms with Gasteiger partial charge in [0.05, 0.1) is 16.7 Å². The van der Waals surface area contributed by atoms with Crippen molar-refractivity contribution in [3.05, 3.63) is 46.7 Å². The van der Waals surface area contributed by atoms with Crippen molar-refractivity contribution in [3.63, 3.8) is 0 Å². The number of piperidine rings is 1. The summed E-state index contributed by atoms with van der Waals surface area (Å²) in [6.07, 6.45) is 6.74. The van der Waals surface area contributed by atoms with Gasteiger partial charge in [-0.05, 0) is 44.7 Å². The Morgan fingerprint density at radius 3 is 2.63 bits per heavy atom. The summed E-state index contributed by atoms with van der Waals surface area (Å²) in [5.74, 6) is 1.15. The van der Waals surface area contributed by atoms with Crippen molar-refractivity contribution in [2.75, 3.05) is 18.4 Å². The molecule has 2 aromatic heterocycles. The van der Waals surface area contributed by atoms with Gasteiger partial charge in [-0.15, -0.1) is 0 Å². The Morgan fingerprint density at radius 2 is 2.00 bits per heavy atom. The Kier molecular flexibility index (Phi) is 6.50. The molecule has 1 aliphatic rings. The molecule has 0 saturated carbocycles. The summed E-state index contributed by atoms with van der Waals surface area (Å²) in [6, 6.07) is 5.47. The Hall–Kier alpha value is -2.34. The van der Waals surface area contributed by atoms with Gasteiger partial charge in [0.15, 0.2) is 0 Å². The molecule has 0 bridgehead atoms. The van der Waals surface area contributed by atoms with Crippen LogP contribution in [0, 0.1) is 0 Å². The standard InChI is InChI=1S/C20H25ClN4O2/c1-14(2)27-18-7-6-15(11-22-18)12-23-19-17(21)10-16(13-24-19)20(26)25-8-4-3-5-9-25/h6-7,10-11,13-14H,3-5,8-9,12H2,1-2H3,(H,23,24). The van der Waals surface area contributed by atoms with Crippen LogP contribution >= 0.6 is 11.6 Å². The van der Waals surface area contributed by atoms with Crippen LogP contribution in [0.1, 0.15) is 49.0 Å². The highest BCUT2D eigenvalue weighted by atomic mass is 35.5. The molecule has 27 heavy (non-hydrogen) atoms. The molecule has 0 aromatic carbocycles. The fourth-order valence-electron chi connectivity index (χ4n) is 2.98. The van der Waals surface area contributed by atoms with E-state index in [0.29, 0.717) is 28.8 Å². The maximum atomic E-state index is 12.5. The number of pyridine rings is 2. The maximum Gasteiger partial charge on any atom is 0.255 e. The van der Waals surface area contributed by atoms with E-state index in [1.807, 2.05) is 30.9 Å². The molecular weight excluding hydrogens is 364 g/mol. The number of amides is 1. The first kappa shape index (κ1) is 19.4. The van der Waals surface area contributed by atoms with Crippen LogP contribution in [-0.4, -0.2) is 40.0 Å². The number of hydrogen-bond donors (Lipinski definition) is 1. The third-order valence-corrected chi connectivity index (χ3v) is 4.63. The third kappa shape index (κ3) is 5.32. The summed E-state index contributed by atoms with van der Waals surface area (Å²) < 4.78 is 5.54. The molecule has 1 amide bonds. The van der Waals surface area contributed by atoms with E-state index >= 15 is 0 Å². The Bertz CT molecular complexity index is 774. The highest BCUT2D eigenvalue weighted by molar-refractivity contribution is 6.33. The largest absolute Gasteiger partial charge is 0.475 e. The first-order valence-corrected chi connectivity index (χ1v) is 9.71. The van der Waals surface area contributed by atoms with E-state index < -0.39 is 0 Å². The van der Waals surface area contributed by atoms with E-state index in [-0.39, 0.29) is 12.0 Å². The predicted octanol–water partition coefficient (Wildman–Crippen LogP) is 4.16. The van der Waals surface area contributed by atoms with E-state index in [1.54, 1.807) is 18.5 Å². The second-order valence-electron chi connectivity index (χ2n) is 6.93. The van der Waals surface area contributed by atoms with Gasteiger partial charge in [-0.1, -0.05) is 17.7 Å². The highest BCUT2D eigenvalue weighted by Crippen LogP contribution is 2.22. The lowest BCUT2D eigenvalue weighted by Crippen LogP contribution is -2.35. The van der Waals surface area contributed by atoms with Crippen LogP contribution in [-0.2, 0) is 6.54 Å². The topological polar surface area (TPSA) is 67.3 Å². The quantitative estimate of drug-likeness (QED) is 0.804. The van der Waals surface area contributed by atoms with Gasteiger partial charge in [0.2, 0.25) is 5.88 Å². The average molecular weight is 389 g/mol. The van der Waals surface area contributed by atoms with Crippen LogP contribution in [0.5, 0.6) is 5.88 Å². The smallest absolute Gasteiger partial charge is 0.255 e. The molecule has 1 aliphatic heterocycles. The zero-order valence-corrected chi connectivity index (χ0v) is 16.5. The lowest BCUT2D eigenvalue weighted by Gasteiger charge is -2.26. The minimum atomic E-state index is 0.000547. The van der Waals surface area contributed by atoms with Crippen LogP contribution in [0.2, 0.25) is 5.02 Å². The molecule has 6 nitrogen and oxygen atoms in total. The summed E-state index contributed by atoms with van der Waals surface area (Å²) in [5, 5.41) is 3.62. The first-order chi connectivity index (χ1) is 13.0. The van der Waals surface area contributed by atoms with Gasteiger partial charge in [-0.25, -0.2) is 9.97 Å². The maximum absolute atomic E-state index is 12.5. The van der Waals surface area contributed by atoms with Crippen molar-refractivity contribution >= 4 is 23.3 Å². The molecule has 0 aliphatic carbocycles. The van der Waals surface area contributed by atoms with Crippen molar-refractivity contribution in [2.45, 2.75) is 45.8 Å². The Balaban J connectivity index is 1.60. The summed E-state index contributed by atoms with van der Waals surface area (Å²) in [7, 11) is 0. The van der Waals surface area contributed by atoms with Gasteiger partial charge in [0.1, 0.15) is 5.82 Å². The summed E-state index contributed by atoms with van der Waals surface area (Å²) in [4.78, 5) is 23.0. The number of ether oxygens (including phenoxy) is 1. The lowest BCUT2D eigenvalue weighted by molar-refractivity contribution is 0.0724. The third-order valence-electron chi connectivity index (χ3n) is 4.35. The number of carbonyl (C=O) groups is 1. The number of anilines is 1. The number of nitrogens with zero attached hydrogens (tertiary/aromatic N) is 3. The number of hydrogen-bond acceptors (Lipinski definition) is 5. The van der Waals surface area contributed by atoms with E-state index in [1.165, 1.54) is 6.42 Å². The molecule has 1 saturated heterocycles. The van der Waals surface area contributed by atoms with Crippen molar-refractivity contribution in [2.24, 2.45) is 0 Å². The molecular formula is C20H25ClN4O2. The van der Waals surface area contributed by atoms with Crippen LogP contribution in [0.3, 0.4) is 0 Å². The van der Waals surface area contributed by atoms with Crippen molar-refractivity contribution < 1.29 is 9.53 Å². The predicted molar refractivity (Wildman–Crippen MR) is 106 cm³/mol. The first-order valence-electron chi connectivity index (χ1n) is 9.33. The Morgan fingerprint density at radius 1 is 1.22 bits per heavy atom. The van der Waals surface area contributed by atoms with Gasteiger partial charge in [0, 0.05) is 38.1 Å². The molecule has 3 rings (SSSR count). The molecule has 1 fully saturated rings. The normalized spacial score (nSPS) is 14.3. The second kappa shape index (κ2) is 9.04. The summed E-state index contributed by atoms with van der Waals surface area (Å²) in [6.45, 7) is 6.07. The van der Waals surface area contributed by atoms with Gasteiger partial charge in [-0.3, -0.25) is 4.79 Å². The fourth-order valence-corrected chi connectivity index (χ4v) is 3.21. The monoisotopic (exact) mass is 388 g/mol. The number of carbonyl (C=O) groups excluding carboxylic acids is 1. The molecule has 3 heterocycles. The van der Waals surface area contributed by atoms with Gasteiger partial charge in [-0.2, -0.15) is 0 Å². The minimum Gasteiger partial charge on any atom is -0.475 e. The summed E-state index contributed by atoms with van der Waals surface area (Å²) in [5.41, 5.74) is 1.52. The molecule has 144 valence electrons. The molecule has 0 unspecified atom stereocenters. The summed E-state index contributed by atoms with van der Waals surface area (Å²) >= 11 is 6.33. The fraction of sp³-hybridized carbons (Fsp3) is 0.450. The Labute approximate surface area is 164 Å². The van der Waals surface area contributed by atoms with Gasteiger partial charge >= 0.3 is 0 Å². The van der Waals surface area contributed by atoms with Gasteiger partial charge < -0.3 is 15.0 Å². The number of rotatable bonds is 6. The van der Waals surface area contributed by atoms with Crippen molar-refractivity contribution in [1.29, 1.82) is 0 Å². The molecule has 7 heteroatoms. The van der Waals surface area contributed by atoms with Crippen LogP contribution in [0.15, 0.2) is 30.6 Å². The highest BCUT2D eigenvalue weighted by Gasteiger charge is 2.19. The van der Waals surface area contributed by atoms with Crippen molar-refractivity contribution in [1.82, 2.24) is 14.9 Å². The number of halogens is 1.